The van der Waals surface area contributed by atoms with E-state index < -0.39 is 0 Å². The first-order chi connectivity index (χ1) is 15.6. The minimum atomic E-state index is -0.315. The molecule has 0 saturated heterocycles. The molecule has 3 aromatic carbocycles. The third kappa shape index (κ3) is 3.93. The zero-order valence-electron chi connectivity index (χ0n) is 16.6. The molecule has 0 unspecified atom stereocenters. The van der Waals surface area contributed by atoms with Crippen LogP contribution in [0.15, 0.2) is 77.6 Å². The Kier molecular flexibility index (Phi) is 5.08. The summed E-state index contributed by atoms with van der Waals surface area (Å²) in [5.41, 5.74) is 2.43. The van der Waals surface area contributed by atoms with E-state index in [0.717, 1.165) is 11.3 Å². The van der Waals surface area contributed by atoms with Crippen LogP contribution in [0.4, 0.5) is 15.2 Å². The van der Waals surface area contributed by atoms with Crippen molar-refractivity contribution in [2.75, 3.05) is 5.32 Å². The van der Waals surface area contributed by atoms with Gasteiger partial charge in [0.25, 0.3) is 11.5 Å². The predicted molar refractivity (Wildman–Crippen MR) is 122 cm³/mol. The molecule has 0 spiro atoms. The number of rotatable bonds is 5. The number of benzene rings is 3. The van der Waals surface area contributed by atoms with E-state index in [1.807, 2.05) is 6.07 Å². The van der Waals surface area contributed by atoms with Crippen molar-refractivity contribution in [1.29, 1.82) is 0 Å². The van der Waals surface area contributed by atoms with Gasteiger partial charge in [0.15, 0.2) is 0 Å². The number of hydrogen-bond donors (Lipinski definition) is 2. The van der Waals surface area contributed by atoms with Crippen LogP contribution in [-0.2, 0) is 6.54 Å². The van der Waals surface area contributed by atoms with Gasteiger partial charge in [0.1, 0.15) is 5.82 Å². The highest BCUT2D eigenvalue weighted by atomic mass is 32.1. The summed E-state index contributed by atoms with van der Waals surface area (Å²) in [7, 11) is 0. The third-order valence-electron chi connectivity index (χ3n) is 4.87. The standard InChI is InChI=1S/C23H16FN5O2S/c24-16-9-5-14(6-10-16)13-25-20(30)15-7-11-17(12-8-15)26-22-28-29-21(31)18-3-1-2-4-19(18)27-23(29)32-22/h1-12H,13H2,(H,25,30)(H,26,28). The zero-order valence-corrected chi connectivity index (χ0v) is 17.4. The second-order valence-corrected chi connectivity index (χ2v) is 8.00. The molecular weight excluding hydrogens is 429 g/mol. The number of aromatic nitrogens is 3. The molecule has 0 radical (unpaired) electrons. The third-order valence-corrected chi connectivity index (χ3v) is 5.69. The lowest BCUT2D eigenvalue weighted by atomic mass is 10.1. The topological polar surface area (TPSA) is 88.4 Å². The van der Waals surface area contributed by atoms with Gasteiger partial charge >= 0.3 is 0 Å². The molecule has 2 aromatic heterocycles. The Labute approximate surface area is 185 Å². The van der Waals surface area contributed by atoms with Gasteiger partial charge in [-0.3, -0.25) is 9.59 Å². The molecule has 5 rings (SSSR count). The van der Waals surface area contributed by atoms with Crippen LogP contribution in [-0.4, -0.2) is 20.5 Å². The van der Waals surface area contributed by atoms with Crippen LogP contribution in [0.2, 0.25) is 0 Å². The fourth-order valence-electron chi connectivity index (χ4n) is 3.22. The normalized spacial score (nSPS) is 11.0. The monoisotopic (exact) mass is 445 g/mol. The maximum Gasteiger partial charge on any atom is 0.283 e. The van der Waals surface area contributed by atoms with Crippen molar-refractivity contribution in [3.05, 3.63) is 100 Å². The number of carbonyl (C=O) groups is 1. The number of amides is 1. The van der Waals surface area contributed by atoms with Crippen molar-refractivity contribution in [3.63, 3.8) is 0 Å². The van der Waals surface area contributed by atoms with Gasteiger partial charge < -0.3 is 10.6 Å². The Morgan fingerprint density at radius 3 is 2.53 bits per heavy atom. The Hall–Kier alpha value is -4.11. The molecule has 7 nitrogen and oxygen atoms in total. The van der Waals surface area contributed by atoms with E-state index in [1.54, 1.807) is 54.6 Å². The van der Waals surface area contributed by atoms with Crippen molar-refractivity contribution < 1.29 is 9.18 Å². The summed E-state index contributed by atoms with van der Waals surface area (Å²) >= 11 is 1.26. The second-order valence-electron chi connectivity index (χ2n) is 7.05. The molecule has 2 N–H and O–H groups in total. The number of hydrogen-bond acceptors (Lipinski definition) is 6. The van der Waals surface area contributed by atoms with Gasteiger partial charge in [0, 0.05) is 17.8 Å². The van der Waals surface area contributed by atoms with E-state index in [2.05, 4.69) is 20.7 Å². The van der Waals surface area contributed by atoms with Gasteiger partial charge in [-0.05, 0) is 54.1 Å². The Morgan fingerprint density at radius 2 is 1.75 bits per heavy atom. The van der Waals surface area contributed by atoms with Crippen molar-refractivity contribution in [1.82, 2.24) is 19.9 Å². The molecule has 2 heterocycles. The molecule has 9 heteroatoms. The first-order valence-electron chi connectivity index (χ1n) is 9.75. The van der Waals surface area contributed by atoms with Gasteiger partial charge in [-0.2, -0.15) is 4.52 Å². The highest BCUT2D eigenvalue weighted by molar-refractivity contribution is 7.20. The van der Waals surface area contributed by atoms with Gasteiger partial charge in [-0.25, -0.2) is 9.37 Å². The van der Waals surface area contributed by atoms with Gasteiger partial charge in [-0.15, -0.1) is 5.10 Å². The highest BCUT2D eigenvalue weighted by Crippen LogP contribution is 2.23. The number of nitrogens with one attached hydrogen (secondary N) is 2. The van der Waals surface area contributed by atoms with E-state index in [4.69, 9.17) is 0 Å². The maximum absolute atomic E-state index is 13.0. The quantitative estimate of drug-likeness (QED) is 0.425. The van der Waals surface area contributed by atoms with Crippen LogP contribution in [0.5, 0.6) is 0 Å². The fourth-order valence-corrected chi connectivity index (χ4v) is 4.04. The van der Waals surface area contributed by atoms with Crippen molar-refractivity contribution in [3.8, 4) is 0 Å². The van der Waals surface area contributed by atoms with Crippen molar-refractivity contribution in [2.24, 2.45) is 0 Å². The summed E-state index contributed by atoms with van der Waals surface area (Å²) in [6.45, 7) is 0.306. The zero-order chi connectivity index (χ0) is 22.1. The van der Waals surface area contributed by atoms with Crippen LogP contribution >= 0.6 is 11.3 Å². The molecule has 0 saturated carbocycles. The Balaban J connectivity index is 1.30. The fraction of sp³-hybridized carbons (Fsp3) is 0.0435. The minimum Gasteiger partial charge on any atom is -0.348 e. The van der Waals surface area contributed by atoms with E-state index >= 15 is 0 Å². The number of anilines is 2. The molecule has 0 aliphatic rings. The smallest absolute Gasteiger partial charge is 0.283 e. The van der Waals surface area contributed by atoms with Crippen LogP contribution in [0.3, 0.4) is 0 Å². The van der Waals surface area contributed by atoms with Gasteiger partial charge in [0.05, 0.1) is 10.9 Å². The van der Waals surface area contributed by atoms with Crippen LogP contribution in [0, 0.1) is 5.82 Å². The number of para-hydroxylation sites is 1. The average molecular weight is 445 g/mol. The molecular formula is C23H16FN5O2S. The summed E-state index contributed by atoms with van der Waals surface area (Å²) < 4.78 is 14.3. The lowest BCUT2D eigenvalue weighted by Crippen LogP contribution is -2.22. The minimum absolute atomic E-state index is 0.219. The Bertz CT molecular complexity index is 1490. The Morgan fingerprint density at radius 1 is 1.00 bits per heavy atom. The summed E-state index contributed by atoms with van der Waals surface area (Å²) in [6, 6.07) is 20.0. The van der Waals surface area contributed by atoms with E-state index in [-0.39, 0.29) is 17.3 Å². The van der Waals surface area contributed by atoms with E-state index in [0.29, 0.717) is 33.1 Å². The molecule has 32 heavy (non-hydrogen) atoms. The molecule has 0 bridgehead atoms. The average Bonchev–Trinajstić information content (AvgIpc) is 3.22. The molecule has 5 aromatic rings. The van der Waals surface area contributed by atoms with Crippen LogP contribution < -0.4 is 16.2 Å². The number of fused-ring (bicyclic) bond motifs is 2. The molecule has 1 amide bonds. The van der Waals surface area contributed by atoms with E-state index in [9.17, 15) is 14.0 Å². The molecule has 158 valence electrons. The van der Waals surface area contributed by atoms with Gasteiger partial charge in [0.2, 0.25) is 10.1 Å². The lowest BCUT2D eigenvalue weighted by molar-refractivity contribution is 0.0951. The predicted octanol–water partition coefficient (Wildman–Crippen LogP) is 4.12. The molecule has 0 atom stereocenters. The SMILES string of the molecule is O=C(NCc1ccc(F)cc1)c1ccc(Nc2nn3c(=O)c4ccccc4nc3s2)cc1. The van der Waals surface area contributed by atoms with E-state index in [1.165, 1.54) is 28.0 Å². The summed E-state index contributed by atoms with van der Waals surface area (Å²) in [5.74, 6) is -0.548. The van der Waals surface area contributed by atoms with Crippen molar-refractivity contribution >= 4 is 43.9 Å². The highest BCUT2D eigenvalue weighted by Gasteiger charge is 2.11. The van der Waals surface area contributed by atoms with Gasteiger partial charge in [-0.1, -0.05) is 35.6 Å². The number of halogens is 1. The number of nitrogens with zero attached hydrogens (tertiary/aromatic N) is 3. The molecule has 0 fully saturated rings. The van der Waals surface area contributed by atoms with Crippen molar-refractivity contribution in [2.45, 2.75) is 6.54 Å². The first kappa shape index (κ1) is 19.8. The molecule has 0 aliphatic heterocycles. The lowest BCUT2D eigenvalue weighted by Gasteiger charge is -2.07. The molecule has 0 aliphatic carbocycles. The first-order valence-corrected chi connectivity index (χ1v) is 10.6. The largest absolute Gasteiger partial charge is 0.348 e. The van der Waals surface area contributed by atoms with Crippen LogP contribution in [0.25, 0.3) is 15.9 Å². The van der Waals surface area contributed by atoms with Crippen LogP contribution in [0.1, 0.15) is 15.9 Å². The summed E-state index contributed by atoms with van der Waals surface area (Å²) in [6.07, 6.45) is 0. The second kappa shape index (κ2) is 8.20. The number of carbonyl (C=O) groups excluding carboxylic acids is 1. The maximum atomic E-state index is 13.0. The summed E-state index contributed by atoms with van der Waals surface area (Å²) in [5, 5.41) is 11.3. The summed E-state index contributed by atoms with van der Waals surface area (Å²) in [4.78, 5) is 30.0.